The molecular formula is C22H24FNO4. The molecular weight excluding hydrogens is 361 g/mol. The summed E-state index contributed by atoms with van der Waals surface area (Å²) in [5, 5.41) is 11.7. The van der Waals surface area contributed by atoms with Gasteiger partial charge in [0.25, 0.3) is 0 Å². The van der Waals surface area contributed by atoms with E-state index >= 15 is 0 Å². The van der Waals surface area contributed by atoms with Crippen molar-refractivity contribution < 1.29 is 23.8 Å². The average Bonchev–Trinajstić information content (AvgIpc) is 3.18. The quantitative estimate of drug-likeness (QED) is 0.756. The Kier molecular flexibility index (Phi) is 5.97. The van der Waals surface area contributed by atoms with Crippen molar-refractivity contribution in [3.63, 3.8) is 0 Å². The smallest absolute Gasteiger partial charge is 0.341 e. The molecule has 0 saturated heterocycles. The van der Waals surface area contributed by atoms with Gasteiger partial charge in [-0.15, -0.1) is 0 Å². The third-order valence-corrected chi connectivity index (χ3v) is 5.36. The van der Waals surface area contributed by atoms with Crippen LogP contribution in [0.25, 0.3) is 0 Å². The lowest BCUT2D eigenvalue weighted by Crippen LogP contribution is -2.43. The Morgan fingerprint density at radius 3 is 2.46 bits per heavy atom. The summed E-state index contributed by atoms with van der Waals surface area (Å²) in [5.41, 5.74) is 0.913. The molecule has 2 aromatic carbocycles. The van der Waals surface area contributed by atoms with Gasteiger partial charge < -0.3 is 15.2 Å². The minimum absolute atomic E-state index is 0.0886. The van der Waals surface area contributed by atoms with Crippen molar-refractivity contribution >= 4 is 11.9 Å². The molecule has 2 aromatic rings. The molecule has 0 aliphatic heterocycles. The molecule has 0 heterocycles. The Hall–Kier alpha value is -2.89. The van der Waals surface area contributed by atoms with Crippen LogP contribution < -0.4 is 10.1 Å². The molecule has 0 aromatic heterocycles. The van der Waals surface area contributed by atoms with E-state index in [0.29, 0.717) is 18.6 Å². The zero-order valence-electron chi connectivity index (χ0n) is 15.8. The van der Waals surface area contributed by atoms with E-state index in [1.54, 1.807) is 30.3 Å². The minimum Gasteiger partial charge on any atom is -0.482 e. The van der Waals surface area contributed by atoms with Gasteiger partial charge in [0.2, 0.25) is 5.91 Å². The summed E-state index contributed by atoms with van der Waals surface area (Å²) >= 11 is 0. The maximum absolute atomic E-state index is 13.8. The average molecular weight is 385 g/mol. The van der Waals surface area contributed by atoms with Crippen LogP contribution in [0.4, 0.5) is 4.39 Å². The number of ether oxygens (including phenoxy) is 1. The number of hydrogen-bond donors (Lipinski definition) is 2. The van der Waals surface area contributed by atoms with Gasteiger partial charge in [-0.1, -0.05) is 37.1 Å². The topological polar surface area (TPSA) is 75.6 Å². The predicted molar refractivity (Wildman–Crippen MR) is 103 cm³/mol. The molecule has 2 N–H and O–H groups in total. The van der Waals surface area contributed by atoms with Crippen LogP contribution in [-0.2, 0) is 15.0 Å². The summed E-state index contributed by atoms with van der Waals surface area (Å²) in [4.78, 5) is 23.8. The molecule has 28 heavy (non-hydrogen) atoms. The van der Waals surface area contributed by atoms with Crippen molar-refractivity contribution in [1.29, 1.82) is 0 Å². The molecule has 3 rings (SSSR count). The monoisotopic (exact) mass is 385 g/mol. The molecule has 148 valence electrons. The Labute approximate surface area is 163 Å². The van der Waals surface area contributed by atoms with E-state index in [0.717, 1.165) is 24.0 Å². The van der Waals surface area contributed by atoms with Crippen molar-refractivity contribution in [3.05, 3.63) is 65.5 Å². The fourth-order valence-corrected chi connectivity index (χ4v) is 3.83. The SMILES string of the molecule is CC(NC(=O)C1(c2cccc(F)c2)CCCC1)c1ccc(OCC(=O)O)cc1. The van der Waals surface area contributed by atoms with E-state index in [4.69, 9.17) is 9.84 Å². The van der Waals surface area contributed by atoms with Gasteiger partial charge in [-0.2, -0.15) is 0 Å². The highest BCUT2D eigenvalue weighted by Gasteiger charge is 2.43. The molecule has 1 saturated carbocycles. The second kappa shape index (κ2) is 8.42. The van der Waals surface area contributed by atoms with Gasteiger partial charge in [0.05, 0.1) is 11.5 Å². The minimum atomic E-state index is -1.04. The Morgan fingerprint density at radius 2 is 1.86 bits per heavy atom. The maximum atomic E-state index is 13.8. The van der Waals surface area contributed by atoms with Gasteiger partial charge >= 0.3 is 5.97 Å². The van der Waals surface area contributed by atoms with Gasteiger partial charge in [-0.25, -0.2) is 9.18 Å². The van der Waals surface area contributed by atoms with Crippen molar-refractivity contribution in [2.75, 3.05) is 6.61 Å². The highest BCUT2D eigenvalue weighted by atomic mass is 19.1. The van der Waals surface area contributed by atoms with E-state index in [1.165, 1.54) is 12.1 Å². The Bertz CT molecular complexity index is 844. The number of rotatable bonds is 7. The van der Waals surface area contributed by atoms with Crippen LogP contribution in [0, 0.1) is 5.82 Å². The third-order valence-electron chi connectivity index (χ3n) is 5.36. The lowest BCUT2D eigenvalue weighted by atomic mass is 9.77. The molecule has 1 atom stereocenters. The molecule has 6 heteroatoms. The third kappa shape index (κ3) is 4.32. The molecule has 5 nitrogen and oxygen atoms in total. The van der Waals surface area contributed by atoms with Gasteiger partial charge in [-0.05, 0) is 55.2 Å². The van der Waals surface area contributed by atoms with Crippen molar-refractivity contribution in [3.8, 4) is 5.75 Å². The fourth-order valence-electron chi connectivity index (χ4n) is 3.83. The Balaban J connectivity index is 1.72. The number of aliphatic carboxylic acids is 1. The molecule has 1 aliphatic rings. The fraction of sp³-hybridized carbons (Fsp3) is 0.364. The van der Waals surface area contributed by atoms with Gasteiger partial charge in [0.1, 0.15) is 11.6 Å². The van der Waals surface area contributed by atoms with Crippen LogP contribution in [-0.4, -0.2) is 23.6 Å². The molecule has 0 bridgehead atoms. The van der Waals surface area contributed by atoms with Crippen LogP contribution in [0.15, 0.2) is 48.5 Å². The summed E-state index contributed by atoms with van der Waals surface area (Å²) in [6.07, 6.45) is 3.29. The molecule has 0 spiro atoms. The number of nitrogens with one attached hydrogen (secondary N) is 1. The highest BCUT2D eigenvalue weighted by molar-refractivity contribution is 5.89. The standard InChI is InChI=1S/C22H24FNO4/c1-15(16-7-9-19(10-8-16)28-14-20(25)26)24-21(27)22(11-2-3-12-22)17-5-4-6-18(23)13-17/h4-10,13,15H,2-3,11-12,14H2,1H3,(H,24,27)(H,25,26). The van der Waals surface area contributed by atoms with Crippen LogP contribution in [0.2, 0.25) is 0 Å². The summed E-state index contributed by atoms with van der Waals surface area (Å²) in [5.74, 6) is -1.00. The van der Waals surface area contributed by atoms with E-state index in [-0.39, 0.29) is 17.8 Å². The number of hydrogen-bond acceptors (Lipinski definition) is 3. The van der Waals surface area contributed by atoms with Gasteiger partial charge in [0, 0.05) is 0 Å². The van der Waals surface area contributed by atoms with Crippen molar-refractivity contribution in [2.45, 2.75) is 44.1 Å². The zero-order valence-corrected chi connectivity index (χ0v) is 15.8. The summed E-state index contributed by atoms with van der Waals surface area (Å²) in [6.45, 7) is 1.49. The first-order valence-electron chi connectivity index (χ1n) is 9.42. The van der Waals surface area contributed by atoms with Crippen molar-refractivity contribution in [2.24, 2.45) is 0 Å². The largest absolute Gasteiger partial charge is 0.482 e. The first kappa shape index (κ1) is 19.9. The number of halogens is 1. The van der Waals surface area contributed by atoms with Gasteiger partial charge in [0.15, 0.2) is 6.61 Å². The van der Waals surface area contributed by atoms with E-state index < -0.39 is 18.0 Å². The second-order valence-electron chi connectivity index (χ2n) is 7.25. The number of amides is 1. The number of carbonyl (C=O) groups excluding carboxylic acids is 1. The van der Waals surface area contributed by atoms with Crippen LogP contribution in [0.3, 0.4) is 0 Å². The highest BCUT2D eigenvalue weighted by Crippen LogP contribution is 2.42. The van der Waals surface area contributed by atoms with E-state index in [2.05, 4.69) is 5.32 Å². The van der Waals surface area contributed by atoms with Crippen LogP contribution in [0.5, 0.6) is 5.75 Å². The number of benzene rings is 2. The van der Waals surface area contributed by atoms with E-state index in [9.17, 15) is 14.0 Å². The lowest BCUT2D eigenvalue weighted by Gasteiger charge is -2.30. The van der Waals surface area contributed by atoms with Gasteiger partial charge in [-0.3, -0.25) is 4.79 Å². The molecule has 1 amide bonds. The molecule has 1 fully saturated rings. The predicted octanol–water partition coefficient (Wildman–Crippen LogP) is 3.98. The summed E-state index contributed by atoms with van der Waals surface area (Å²) in [6, 6.07) is 13.0. The molecule has 1 unspecified atom stereocenters. The number of carbonyl (C=O) groups is 2. The molecule has 0 radical (unpaired) electrons. The Morgan fingerprint density at radius 1 is 1.18 bits per heavy atom. The summed E-state index contributed by atoms with van der Waals surface area (Å²) in [7, 11) is 0. The van der Waals surface area contributed by atoms with Crippen LogP contribution >= 0.6 is 0 Å². The maximum Gasteiger partial charge on any atom is 0.341 e. The number of carboxylic acids is 1. The van der Waals surface area contributed by atoms with Crippen LogP contribution in [0.1, 0.15) is 49.8 Å². The second-order valence-corrected chi connectivity index (χ2v) is 7.25. The lowest BCUT2D eigenvalue weighted by molar-refractivity contribution is -0.139. The zero-order chi connectivity index (χ0) is 20.1. The first-order chi connectivity index (χ1) is 13.4. The number of carboxylic acid groups (broad SMARTS) is 1. The summed E-state index contributed by atoms with van der Waals surface area (Å²) < 4.78 is 18.9. The van der Waals surface area contributed by atoms with Crippen molar-refractivity contribution in [1.82, 2.24) is 5.32 Å². The van der Waals surface area contributed by atoms with E-state index in [1.807, 2.05) is 13.0 Å². The first-order valence-corrected chi connectivity index (χ1v) is 9.42. The molecule has 1 aliphatic carbocycles. The normalized spacial score (nSPS) is 16.4.